The number of rotatable bonds is 13. The van der Waals surface area contributed by atoms with Crippen LogP contribution >= 0.6 is 0 Å². The third-order valence-corrected chi connectivity index (χ3v) is 3.96. The van der Waals surface area contributed by atoms with E-state index in [-0.39, 0.29) is 11.8 Å². The molecule has 0 aliphatic rings. The molecule has 0 bridgehead atoms. The number of ether oxygens (including phenoxy) is 2. The Morgan fingerprint density at radius 2 is 1.56 bits per heavy atom. The molecule has 0 radical (unpaired) electrons. The van der Waals surface area contributed by atoms with E-state index in [1.807, 2.05) is 18.7 Å². The number of benzene rings is 1. The molecule has 0 atom stereocenters. The van der Waals surface area contributed by atoms with Gasteiger partial charge in [-0.3, -0.25) is 9.59 Å². The van der Waals surface area contributed by atoms with Gasteiger partial charge in [0.05, 0.1) is 13.2 Å². The van der Waals surface area contributed by atoms with Gasteiger partial charge in [0.2, 0.25) is 11.8 Å². The van der Waals surface area contributed by atoms with Crippen LogP contribution in [0.5, 0.6) is 11.5 Å². The fourth-order valence-corrected chi connectivity index (χ4v) is 2.81. The first-order valence-corrected chi connectivity index (χ1v) is 10.0. The Labute approximate surface area is 163 Å². The highest BCUT2D eigenvalue weighted by molar-refractivity contribution is 5.91. The van der Waals surface area contributed by atoms with Crippen LogP contribution in [0.1, 0.15) is 59.8 Å². The maximum Gasteiger partial charge on any atom is 0.224 e. The van der Waals surface area contributed by atoms with E-state index in [1.165, 1.54) is 0 Å². The van der Waals surface area contributed by atoms with Crippen LogP contribution in [-0.4, -0.2) is 43.0 Å². The van der Waals surface area contributed by atoms with Crippen LogP contribution in [0.2, 0.25) is 0 Å². The predicted octanol–water partition coefficient (Wildman–Crippen LogP) is 4.24. The minimum absolute atomic E-state index is 0.105. The van der Waals surface area contributed by atoms with Crippen LogP contribution in [0.25, 0.3) is 0 Å². The summed E-state index contributed by atoms with van der Waals surface area (Å²) in [6, 6.07) is 5.35. The molecule has 0 aliphatic carbocycles. The molecular weight excluding hydrogens is 344 g/mol. The van der Waals surface area contributed by atoms with Gasteiger partial charge in [0.1, 0.15) is 0 Å². The lowest BCUT2D eigenvalue weighted by molar-refractivity contribution is -0.131. The minimum atomic E-state index is -0.105. The second kappa shape index (κ2) is 13.0. The Bertz CT molecular complexity index is 584. The number of anilines is 1. The van der Waals surface area contributed by atoms with Crippen molar-refractivity contribution in [3.63, 3.8) is 0 Å². The summed E-state index contributed by atoms with van der Waals surface area (Å²) in [5.74, 6) is 1.30. The average Bonchev–Trinajstić information content (AvgIpc) is 2.64. The summed E-state index contributed by atoms with van der Waals surface area (Å²) in [5, 5.41) is 2.86. The van der Waals surface area contributed by atoms with Crippen LogP contribution in [0.15, 0.2) is 18.2 Å². The van der Waals surface area contributed by atoms with Crippen LogP contribution in [-0.2, 0) is 9.59 Å². The van der Waals surface area contributed by atoms with Crippen LogP contribution < -0.4 is 14.8 Å². The highest BCUT2D eigenvalue weighted by atomic mass is 16.5. The lowest BCUT2D eigenvalue weighted by Crippen LogP contribution is -2.32. The van der Waals surface area contributed by atoms with E-state index in [0.717, 1.165) is 25.9 Å². The standard InChI is InChI=1S/C21H34N2O4/c1-5-14-23(15-6-2)21(25)11-9-10-20(24)22-17-12-13-18(26-7-3)19(16-17)27-8-4/h12-13,16H,5-11,14-15H2,1-4H3,(H,22,24). The maximum absolute atomic E-state index is 12.2. The molecule has 1 aromatic carbocycles. The quantitative estimate of drug-likeness (QED) is 0.557. The van der Waals surface area contributed by atoms with Crippen molar-refractivity contribution in [1.82, 2.24) is 4.90 Å². The van der Waals surface area contributed by atoms with Crippen molar-refractivity contribution in [2.45, 2.75) is 59.8 Å². The first-order valence-electron chi connectivity index (χ1n) is 10.0. The molecule has 6 nitrogen and oxygen atoms in total. The average molecular weight is 379 g/mol. The highest BCUT2D eigenvalue weighted by Gasteiger charge is 2.13. The molecule has 0 aromatic heterocycles. The van der Waals surface area contributed by atoms with E-state index in [1.54, 1.807) is 18.2 Å². The molecule has 27 heavy (non-hydrogen) atoms. The monoisotopic (exact) mass is 378 g/mol. The second-order valence-corrected chi connectivity index (χ2v) is 6.31. The topological polar surface area (TPSA) is 67.9 Å². The first-order chi connectivity index (χ1) is 13.0. The third-order valence-electron chi connectivity index (χ3n) is 3.96. The summed E-state index contributed by atoms with van der Waals surface area (Å²) in [6.07, 6.45) is 3.16. The summed E-state index contributed by atoms with van der Waals surface area (Å²) in [7, 11) is 0. The molecule has 1 N–H and O–H groups in total. The molecule has 0 fully saturated rings. The molecule has 2 amide bonds. The van der Waals surface area contributed by atoms with Crippen LogP contribution in [0, 0.1) is 0 Å². The Kier molecular flexibility index (Phi) is 11.0. The Hall–Kier alpha value is -2.24. The maximum atomic E-state index is 12.2. The van der Waals surface area contributed by atoms with Crippen molar-refractivity contribution in [1.29, 1.82) is 0 Å². The van der Waals surface area contributed by atoms with E-state index in [4.69, 9.17) is 9.47 Å². The van der Waals surface area contributed by atoms with Gasteiger partial charge in [-0.1, -0.05) is 13.8 Å². The van der Waals surface area contributed by atoms with Gasteiger partial charge in [-0.25, -0.2) is 0 Å². The molecule has 152 valence electrons. The normalized spacial score (nSPS) is 10.4. The van der Waals surface area contributed by atoms with Gasteiger partial charge in [0.25, 0.3) is 0 Å². The van der Waals surface area contributed by atoms with E-state index in [0.29, 0.717) is 49.7 Å². The molecule has 0 saturated carbocycles. The summed E-state index contributed by atoms with van der Waals surface area (Å²) < 4.78 is 11.1. The third kappa shape index (κ3) is 8.33. The molecule has 0 saturated heterocycles. The Balaban J connectivity index is 2.52. The number of carbonyl (C=O) groups excluding carboxylic acids is 2. The van der Waals surface area contributed by atoms with E-state index >= 15 is 0 Å². The van der Waals surface area contributed by atoms with Gasteiger partial charge < -0.3 is 19.7 Å². The van der Waals surface area contributed by atoms with Gasteiger partial charge in [-0.05, 0) is 45.2 Å². The van der Waals surface area contributed by atoms with Gasteiger partial charge in [-0.2, -0.15) is 0 Å². The van der Waals surface area contributed by atoms with Gasteiger partial charge in [0.15, 0.2) is 11.5 Å². The fourth-order valence-electron chi connectivity index (χ4n) is 2.81. The van der Waals surface area contributed by atoms with Crippen LogP contribution in [0.3, 0.4) is 0 Å². The van der Waals surface area contributed by atoms with Crippen molar-refractivity contribution >= 4 is 17.5 Å². The van der Waals surface area contributed by atoms with Gasteiger partial charge in [-0.15, -0.1) is 0 Å². The summed E-state index contributed by atoms with van der Waals surface area (Å²) >= 11 is 0. The van der Waals surface area contributed by atoms with Crippen molar-refractivity contribution in [3.8, 4) is 11.5 Å². The van der Waals surface area contributed by atoms with Crippen molar-refractivity contribution < 1.29 is 19.1 Å². The number of amides is 2. The number of nitrogens with zero attached hydrogens (tertiary/aromatic N) is 1. The number of hydrogen-bond donors (Lipinski definition) is 1. The Morgan fingerprint density at radius 3 is 2.15 bits per heavy atom. The number of carbonyl (C=O) groups is 2. The minimum Gasteiger partial charge on any atom is -0.490 e. The van der Waals surface area contributed by atoms with Crippen LogP contribution in [0.4, 0.5) is 5.69 Å². The molecule has 0 heterocycles. The smallest absolute Gasteiger partial charge is 0.224 e. The molecule has 0 spiro atoms. The summed E-state index contributed by atoms with van der Waals surface area (Å²) in [4.78, 5) is 26.3. The Morgan fingerprint density at radius 1 is 0.926 bits per heavy atom. The lowest BCUT2D eigenvalue weighted by Gasteiger charge is -2.21. The van der Waals surface area contributed by atoms with Crippen molar-refractivity contribution in [3.05, 3.63) is 18.2 Å². The largest absolute Gasteiger partial charge is 0.490 e. The number of hydrogen-bond acceptors (Lipinski definition) is 4. The van der Waals surface area contributed by atoms with Crippen molar-refractivity contribution in [2.75, 3.05) is 31.6 Å². The first kappa shape index (κ1) is 22.8. The second-order valence-electron chi connectivity index (χ2n) is 6.31. The molecule has 1 aromatic rings. The predicted molar refractivity (Wildman–Crippen MR) is 108 cm³/mol. The zero-order valence-electron chi connectivity index (χ0n) is 17.2. The lowest BCUT2D eigenvalue weighted by atomic mass is 10.2. The fraction of sp³-hybridized carbons (Fsp3) is 0.619. The molecule has 6 heteroatoms. The molecular formula is C21H34N2O4. The summed E-state index contributed by atoms with van der Waals surface area (Å²) in [5.41, 5.74) is 0.664. The van der Waals surface area contributed by atoms with Gasteiger partial charge in [0, 0.05) is 37.7 Å². The molecule has 1 rings (SSSR count). The molecule has 0 unspecified atom stereocenters. The summed E-state index contributed by atoms with van der Waals surface area (Å²) in [6.45, 7) is 10.6. The van der Waals surface area contributed by atoms with E-state index < -0.39 is 0 Å². The van der Waals surface area contributed by atoms with Crippen molar-refractivity contribution in [2.24, 2.45) is 0 Å². The van der Waals surface area contributed by atoms with E-state index in [9.17, 15) is 9.59 Å². The SMILES string of the molecule is CCCN(CCC)C(=O)CCCC(=O)Nc1ccc(OCC)c(OCC)c1. The van der Waals surface area contributed by atoms with E-state index in [2.05, 4.69) is 19.2 Å². The molecule has 0 aliphatic heterocycles. The highest BCUT2D eigenvalue weighted by Crippen LogP contribution is 2.30. The zero-order valence-corrected chi connectivity index (χ0v) is 17.2. The van der Waals surface area contributed by atoms with Gasteiger partial charge >= 0.3 is 0 Å². The number of nitrogens with one attached hydrogen (secondary N) is 1. The zero-order chi connectivity index (χ0) is 20.1.